The Labute approximate surface area is 162 Å². The van der Waals surface area contributed by atoms with E-state index in [2.05, 4.69) is 14.8 Å². The van der Waals surface area contributed by atoms with Crippen LogP contribution in [0.5, 0.6) is 11.5 Å². The van der Waals surface area contributed by atoms with Gasteiger partial charge in [0.1, 0.15) is 11.5 Å². The van der Waals surface area contributed by atoms with E-state index >= 15 is 0 Å². The molecule has 0 aliphatic carbocycles. The topological polar surface area (TPSA) is 100 Å². The van der Waals surface area contributed by atoms with Crippen molar-refractivity contribution in [2.45, 2.75) is 13.0 Å². The molecule has 0 aliphatic heterocycles. The minimum Gasteiger partial charge on any atom is -0.497 e. The second kappa shape index (κ2) is 9.40. The number of carbonyl (C=O) groups is 3. The summed E-state index contributed by atoms with van der Waals surface area (Å²) in [6.07, 6.45) is -0.836. The second-order valence-corrected chi connectivity index (χ2v) is 5.71. The van der Waals surface area contributed by atoms with Gasteiger partial charge in [0.25, 0.3) is 5.91 Å². The lowest BCUT2D eigenvalue weighted by molar-refractivity contribution is -0.122. The summed E-state index contributed by atoms with van der Waals surface area (Å²) in [6.45, 7) is 1.57. The normalized spacial score (nSPS) is 11.1. The molecular weight excluding hydrogens is 366 g/mol. The molecule has 0 aliphatic rings. The molecule has 0 bridgehead atoms. The summed E-state index contributed by atoms with van der Waals surface area (Å²) < 4.78 is 20.0. The molecule has 2 aromatic rings. The fourth-order valence-electron chi connectivity index (χ4n) is 2.33. The van der Waals surface area contributed by atoms with Crippen molar-refractivity contribution < 1.29 is 33.3 Å². The van der Waals surface area contributed by atoms with E-state index in [1.165, 1.54) is 32.4 Å². The molecule has 1 amide bonds. The Balaban J connectivity index is 2.16. The molecule has 8 heteroatoms. The van der Waals surface area contributed by atoms with Crippen LogP contribution in [0.2, 0.25) is 0 Å². The molecule has 28 heavy (non-hydrogen) atoms. The van der Waals surface area contributed by atoms with Gasteiger partial charge in [-0.3, -0.25) is 4.79 Å². The third kappa shape index (κ3) is 5.23. The Kier molecular flexibility index (Phi) is 6.97. The van der Waals surface area contributed by atoms with Crippen molar-refractivity contribution in [1.29, 1.82) is 0 Å². The number of hydrogen-bond donors (Lipinski definition) is 1. The van der Waals surface area contributed by atoms with Crippen molar-refractivity contribution in [3.8, 4) is 11.5 Å². The fourth-order valence-corrected chi connectivity index (χ4v) is 2.33. The highest BCUT2D eigenvalue weighted by Crippen LogP contribution is 2.20. The first-order valence-corrected chi connectivity index (χ1v) is 8.31. The summed E-state index contributed by atoms with van der Waals surface area (Å²) in [5.41, 5.74) is 0.437. The van der Waals surface area contributed by atoms with Crippen LogP contribution in [0.4, 0.5) is 5.69 Å². The van der Waals surface area contributed by atoms with Crippen molar-refractivity contribution in [2.75, 3.05) is 26.6 Å². The first kappa shape index (κ1) is 20.8. The van der Waals surface area contributed by atoms with Gasteiger partial charge in [0.15, 0.2) is 6.10 Å². The van der Waals surface area contributed by atoms with Crippen molar-refractivity contribution in [1.82, 2.24) is 0 Å². The number of carbonyl (C=O) groups excluding carboxylic acids is 3. The maximum absolute atomic E-state index is 12.4. The minimum atomic E-state index is -0.836. The lowest BCUT2D eigenvalue weighted by Gasteiger charge is -2.16. The van der Waals surface area contributed by atoms with E-state index in [1.807, 2.05) is 0 Å². The third-order valence-electron chi connectivity index (χ3n) is 3.78. The summed E-state index contributed by atoms with van der Waals surface area (Å²) >= 11 is 0. The van der Waals surface area contributed by atoms with Crippen LogP contribution in [0.15, 0.2) is 42.5 Å². The monoisotopic (exact) mass is 387 g/mol. The number of anilines is 1. The molecule has 148 valence electrons. The molecule has 0 radical (unpaired) electrons. The van der Waals surface area contributed by atoms with Crippen molar-refractivity contribution in [3.63, 3.8) is 0 Å². The molecule has 0 saturated heterocycles. The number of hydrogen-bond acceptors (Lipinski definition) is 7. The molecule has 0 spiro atoms. The lowest BCUT2D eigenvalue weighted by Crippen LogP contribution is -2.30. The number of ether oxygens (including phenoxy) is 4. The molecule has 1 N–H and O–H groups in total. The molecule has 1 atom stereocenters. The van der Waals surface area contributed by atoms with E-state index in [0.29, 0.717) is 11.5 Å². The Morgan fingerprint density at radius 1 is 0.821 bits per heavy atom. The number of amides is 1. The van der Waals surface area contributed by atoms with Crippen LogP contribution in [0, 0.1) is 0 Å². The third-order valence-corrected chi connectivity index (χ3v) is 3.78. The maximum Gasteiger partial charge on any atom is 0.337 e. The molecule has 2 rings (SSSR count). The van der Waals surface area contributed by atoms with Crippen LogP contribution >= 0.6 is 0 Å². The second-order valence-electron chi connectivity index (χ2n) is 5.71. The molecule has 0 saturated carbocycles. The first-order chi connectivity index (χ1) is 13.4. The first-order valence-electron chi connectivity index (χ1n) is 8.31. The molecule has 0 aromatic heterocycles. The predicted molar refractivity (Wildman–Crippen MR) is 101 cm³/mol. The highest BCUT2D eigenvalue weighted by Gasteiger charge is 2.18. The molecule has 0 fully saturated rings. The molecule has 0 unspecified atom stereocenters. The highest BCUT2D eigenvalue weighted by molar-refractivity contribution is 6.00. The molecule has 0 heterocycles. The number of methoxy groups -OCH3 is 3. The lowest BCUT2D eigenvalue weighted by atomic mass is 10.1. The van der Waals surface area contributed by atoms with Crippen LogP contribution in [0.25, 0.3) is 0 Å². The Bertz CT molecular complexity index is 827. The van der Waals surface area contributed by atoms with E-state index < -0.39 is 23.9 Å². The van der Waals surface area contributed by atoms with Gasteiger partial charge in [0, 0.05) is 5.69 Å². The van der Waals surface area contributed by atoms with Crippen molar-refractivity contribution >= 4 is 23.5 Å². The zero-order valence-corrected chi connectivity index (χ0v) is 16.0. The highest BCUT2D eigenvalue weighted by atomic mass is 16.5. The van der Waals surface area contributed by atoms with Crippen LogP contribution in [-0.2, 0) is 14.3 Å². The van der Waals surface area contributed by atoms with Gasteiger partial charge in [-0.25, -0.2) is 9.59 Å². The summed E-state index contributed by atoms with van der Waals surface area (Å²) in [5, 5.41) is 2.62. The number of rotatable bonds is 7. The zero-order valence-electron chi connectivity index (χ0n) is 16.0. The van der Waals surface area contributed by atoms with Crippen LogP contribution in [0.3, 0.4) is 0 Å². The quantitative estimate of drug-likeness (QED) is 0.729. The van der Waals surface area contributed by atoms with E-state index in [0.717, 1.165) is 0 Å². The van der Waals surface area contributed by atoms with Crippen LogP contribution in [0.1, 0.15) is 27.6 Å². The largest absolute Gasteiger partial charge is 0.497 e. The zero-order chi connectivity index (χ0) is 20.7. The molecular formula is C20H21NO7. The Morgan fingerprint density at radius 2 is 1.32 bits per heavy atom. The standard InChI is InChI=1S/C20H21NO7/c1-12(28-17-7-5-16(25-2)6-8-17)18(22)21-15-10-13(19(23)26-3)9-14(11-15)20(24)27-4/h5-12H,1-4H3,(H,21,22)/t12-/m1/s1. The number of esters is 2. The average Bonchev–Trinajstić information content (AvgIpc) is 2.72. The smallest absolute Gasteiger partial charge is 0.337 e. The summed E-state index contributed by atoms with van der Waals surface area (Å²) in [4.78, 5) is 36.1. The fraction of sp³-hybridized carbons (Fsp3) is 0.250. The van der Waals surface area contributed by atoms with Crippen molar-refractivity contribution in [3.05, 3.63) is 53.6 Å². The van der Waals surface area contributed by atoms with Gasteiger partial charge < -0.3 is 24.3 Å². The molecule has 2 aromatic carbocycles. The number of nitrogens with one attached hydrogen (secondary N) is 1. The van der Waals surface area contributed by atoms with Crippen molar-refractivity contribution in [2.24, 2.45) is 0 Å². The van der Waals surface area contributed by atoms with Gasteiger partial charge >= 0.3 is 11.9 Å². The minimum absolute atomic E-state index is 0.101. The van der Waals surface area contributed by atoms with E-state index in [-0.39, 0.29) is 16.8 Å². The Hall–Kier alpha value is -3.55. The molecule has 8 nitrogen and oxygen atoms in total. The van der Waals surface area contributed by atoms with Gasteiger partial charge in [0.05, 0.1) is 32.5 Å². The average molecular weight is 387 g/mol. The number of benzene rings is 2. The van der Waals surface area contributed by atoms with Gasteiger partial charge in [-0.1, -0.05) is 0 Å². The maximum atomic E-state index is 12.4. The summed E-state index contributed by atoms with van der Waals surface area (Å²) in [6, 6.07) is 10.9. The summed E-state index contributed by atoms with van der Waals surface area (Å²) in [5.74, 6) is -0.609. The van der Waals surface area contributed by atoms with Gasteiger partial charge in [-0.05, 0) is 49.4 Å². The summed E-state index contributed by atoms with van der Waals surface area (Å²) in [7, 11) is 3.99. The predicted octanol–water partition coefficient (Wildman–Crippen LogP) is 2.67. The van der Waals surface area contributed by atoms with E-state index in [4.69, 9.17) is 9.47 Å². The Morgan fingerprint density at radius 3 is 1.79 bits per heavy atom. The van der Waals surface area contributed by atoms with Crippen LogP contribution < -0.4 is 14.8 Å². The van der Waals surface area contributed by atoms with E-state index in [9.17, 15) is 14.4 Å². The van der Waals surface area contributed by atoms with Gasteiger partial charge in [-0.15, -0.1) is 0 Å². The van der Waals surface area contributed by atoms with Gasteiger partial charge in [-0.2, -0.15) is 0 Å². The van der Waals surface area contributed by atoms with E-state index in [1.54, 1.807) is 38.3 Å². The SMILES string of the molecule is COC(=O)c1cc(NC(=O)[C@@H](C)Oc2ccc(OC)cc2)cc(C(=O)OC)c1. The van der Waals surface area contributed by atoms with Crippen LogP contribution in [-0.4, -0.2) is 45.3 Å². The van der Waals surface area contributed by atoms with Gasteiger partial charge in [0.2, 0.25) is 0 Å².